The Labute approximate surface area is 118 Å². The lowest BCUT2D eigenvalue weighted by Gasteiger charge is -2.09. The van der Waals surface area contributed by atoms with Crippen LogP contribution < -0.4 is 5.32 Å². The number of rotatable bonds is 3. The standard InChI is InChI=1S/C13H11BrClFN2/c1-8-4-10(14)7-18-13(8)17-6-9-2-3-12(16)11(15)5-9/h2-5,7H,6H2,1H3,(H,17,18). The Kier molecular flexibility index (Phi) is 4.19. The maximum absolute atomic E-state index is 13.0. The molecule has 0 amide bonds. The smallest absolute Gasteiger partial charge is 0.141 e. The van der Waals surface area contributed by atoms with Crippen LogP contribution in [0.3, 0.4) is 0 Å². The molecule has 0 aliphatic carbocycles. The minimum absolute atomic E-state index is 0.134. The molecule has 0 saturated heterocycles. The fourth-order valence-electron chi connectivity index (χ4n) is 1.56. The lowest BCUT2D eigenvalue weighted by molar-refractivity contribution is 0.627. The molecular formula is C13H11BrClFN2. The van der Waals surface area contributed by atoms with Crippen LogP contribution in [0.5, 0.6) is 0 Å². The Bertz CT molecular complexity index is 575. The average molecular weight is 330 g/mol. The van der Waals surface area contributed by atoms with Gasteiger partial charge in [0.2, 0.25) is 0 Å². The van der Waals surface area contributed by atoms with Crippen LogP contribution in [0.1, 0.15) is 11.1 Å². The van der Waals surface area contributed by atoms with Crippen molar-refractivity contribution in [3.63, 3.8) is 0 Å². The monoisotopic (exact) mass is 328 g/mol. The summed E-state index contributed by atoms with van der Waals surface area (Å²) in [4.78, 5) is 4.27. The number of hydrogen-bond acceptors (Lipinski definition) is 2. The molecule has 0 fully saturated rings. The van der Waals surface area contributed by atoms with Crippen LogP contribution in [-0.2, 0) is 6.54 Å². The van der Waals surface area contributed by atoms with Gasteiger partial charge in [-0.1, -0.05) is 17.7 Å². The SMILES string of the molecule is Cc1cc(Br)cnc1NCc1ccc(F)c(Cl)c1. The molecule has 0 aliphatic rings. The first-order valence-corrected chi connectivity index (χ1v) is 6.53. The van der Waals surface area contributed by atoms with E-state index in [2.05, 4.69) is 26.2 Å². The molecule has 1 N–H and O–H groups in total. The Morgan fingerprint density at radius 3 is 2.83 bits per heavy atom. The fourth-order valence-corrected chi connectivity index (χ4v) is 2.21. The number of halogens is 3. The number of aromatic nitrogens is 1. The molecule has 2 rings (SSSR count). The topological polar surface area (TPSA) is 24.9 Å². The van der Waals surface area contributed by atoms with E-state index in [1.54, 1.807) is 18.3 Å². The van der Waals surface area contributed by atoms with E-state index in [0.29, 0.717) is 6.54 Å². The van der Waals surface area contributed by atoms with Gasteiger partial charge in [0.1, 0.15) is 11.6 Å². The predicted molar refractivity (Wildman–Crippen MR) is 75.4 cm³/mol. The molecule has 5 heteroatoms. The molecule has 0 bridgehead atoms. The van der Waals surface area contributed by atoms with E-state index in [1.165, 1.54) is 6.07 Å². The second-order valence-electron chi connectivity index (χ2n) is 3.92. The molecule has 1 aromatic carbocycles. The molecule has 0 unspecified atom stereocenters. The summed E-state index contributed by atoms with van der Waals surface area (Å²) in [6.45, 7) is 2.52. The van der Waals surface area contributed by atoms with Crippen molar-refractivity contribution < 1.29 is 4.39 Å². The molecule has 1 aromatic heterocycles. The van der Waals surface area contributed by atoms with E-state index in [-0.39, 0.29) is 5.02 Å². The van der Waals surface area contributed by atoms with Crippen molar-refractivity contribution >= 4 is 33.3 Å². The number of pyridine rings is 1. The minimum Gasteiger partial charge on any atom is -0.366 e. The van der Waals surface area contributed by atoms with Gasteiger partial charge in [0.25, 0.3) is 0 Å². The summed E-state index contributed by atoms with van der Waals surface area (Å²) < 4.78 is 13.9. The van der Waals surface area contributed by atoms with E-state index in [9.17, 15) is 4.39 Å². The summed E-state index contributed by atoms with van der Waals surface area (Å²) in [6, 6.07) is 6.65. The van der Waals surface area contributed by atoms with Gasteiger partial charge in [0.15, 0.2) is 0 Å². The molecule has 18 heavy (non-hydrogen) atoms. The highest BCUT2D eigenvalue weighted by Gasteiger charge is 2.03. The van der Waals surface area contributed by atoms with E-state index < -0.39 is 5.82 Å². The van der Waals surface area contributed by atoms with Crippen LogP contribution in [0, 0.1) is 12.7 Å². The van der Waals surface area contributed by atoms with Crippen molar-refractivity contribution in [3.05, 3.63) is 56.9 Å². The number of hydrogen-bond donors (Lipinski definition) is 1. The first-order chi connectivity index (χ1) is 8.56. The molecule has 2 nitrogen and oxygen atoms in total. The molecular weight excluding hydrogens is 319 g/mol. The maximum Gasteiger partial charge on any atom is 0.141 e. The predicted octanol–water partition coefficient (Wildman–Crippen LogP) is 4.56. The van der Waals surface area contributed by atoms with Crippen LogP contribution in [0.25, 0.3) is 0 Å². The van der Waals surface area contributed by atoms with Crippen molar-refractivity contribution in [2.75, 3.05) is 5.32 Å². The summed E-state index contributed by atoms with van der Waals surface area (Å²) in [5, 5.41) is 3.32. The second-order valence-corrected chi connectivity index (χ2v) is 5.24. The van der Waals surface area contributed by atoms with Crippen molar-refractivity contribution in [1.82, 2.24) is 4.98 Å². The maximum atomic E-state index is 13.0. The van der Waals surface area contributed by atoms with Crippen molar-refractivity contribution in [1.29, 1.82) is 0 Å². The third kappa shape index (κ3) is 3.21. The number of nitrogens with zero attached hydrogens (tertiary/aromatic N) is 1. The summed E-state index contributed by atoms with van der Waals surface area (Å²) in [5.41, 5.74) is 1.95. The van der Waals surface area contributed by atoms with Crippen LogP contribution in [0.15, 0.2) is 34.9 Å². The molecule has 94 valence electrons. The Balaban J connectivity index is 2.09. The van der Waals surface area contributed by atoms with Crippen LogP contribution >= 0.6 is 27.5 Å². The zero-order valence-electron chi connectivity index (χ0n) is 9.67. The Morgan fingerprint density at radius 2 is 2.17 bits per heavy atom. The molecule has 0 aliphatic heterocycles. The highest BCUT2D eigenvalue weighted by molar-refractivity contribution is 9.10. The van der Waals surface area contributed by atoms with Crippen molar-refractivity contribution in [2.45, 2.75) is 13.5 Å². The number of benzene rings is 1. The summed E-state index contributed by atoms with van der Waals surface area (Å²) in [7, 11) is 0. The molecule has 0 atom stereocenters. The highest BCUT2D eigenvalue weighted by atomic mass is 79.9. The van der Waals surface area contributed by atoms with Crippen molar-refractivity contribution in [3.8, 4) is 0 Å². The van der Waals surface area contributed by atoms with E-state index in [0.717, 1.165) is 21.4 Å². The summed E-state index contributed by atoms with van der Waals surface area (Å²) in [5.74, 6) is 0.400. The van der Waals surface area contributed by atoms with E-state index in [4.69, 9.17) is 11.6 Å². The number of anilines is 1. The van der Waals surface area contributed by atoms with E-state index >= 15 is 0 Å². The van der Waals surface area contributed by atoms with Gasteiger partial charge < -0.3 is 5.32 Å². The van der Waals surface area contributed by atoms with Gasteiger partial charge in [-0.25, -0.2) is 9.37 Å². The van der Waals surface area contributed by atoms with Gasteiger partial charge in [0.05, 0.1) is 5.02 Å². The van der Waals surface area contributed by atoms with Gasteiger partial charge in [0, 0.05) is 17.2 Å². The summed E-state index contributed by atoms with van der Waals surface area (Å²) >= 11 is 9.08. The summed E-state index contributed by atoms with van der Waals surface area (Å²) in [6.07, 6.45) is 1.73. The lowest BCUT2D eigenvalue weighted by atomic mass is 10.2. The van der Waals surface area contributed by atoms with Gasteiger partial charge in [-0.15, -0.1) is 0 Å². The van der Waals surface area contributed by atoms with E-state index in [1.807, 2.05) is 13.0 Å². The van der Waals surface area contributed by atoms with Gasteiger partial charge >= 0.3 is 0 Å². The second kappa shape index (κ2) is 5.67. The zero-order chi connectivity index (χ0) is 13.1. The zero-order valence-corrected chi connectivity index (χ0v) is 12.0. The average Bonchev–Trinajstić information content (AvgIpc) is 2.32. The van der Waals surface area contributed by atoms with Gasteiger partial charge in [-0.05, 0) is 52.2 Å². The number of aryl methyl sites for hydroxylation is 1. The fraction of sp³-hybridized carbons (Fsp3) is 0.154. The minimum atomic E-state index is -0.404. The van der Waals surface area contributed by atoms with Crippen LogP contribution in [0.2, 0.25) is 5.02 Å². The van der Waals surface area contributed by atoms with Crippen molar-refractivity contribution in [2.24, 2.45) is 0 Å². The quantitative estimate of drug-likeness (QED) is 0.893. The lowest BCUT2D eigenvalue weighted by Crippen LogP contribution is -2.03. The third-order valence-electron chi connectivity index (χ3n) is 2.49. The molecule has 1 heterocycles. The van der Waals surface area contributed by atoms with Crippen LogP contribution in [-0.4, -0.2) is 4.98 Å². The molecule has 0 spiro atoms. The third-order valence-corrected chi connectivity index (χ3v) is 3.21. The van der Waals surface area contributed by atoms with Crippen LogP contribution in [0.4, 0.5) is 10.2 Å². The largest absolute Gasteiger partial charge is 0.366 e. The number of nitrogens with one attached hydrogen (secondary N) is 1. The van der Waals surface area contributed by atoms with Gasteiger partial charge in [-0.2, -0.15) is 0 Å². The Morgan fingerprint density at radius 1 is 1.39 bits per heavy atom. The first kappa shape index (κ1) is 13.3. The highest BCUT2D eigenvalue weighted by Crippen LogP contribution is 2.19. The Hall–Kier alpha value is -1.13. The molecule has 0 radical (unpaired) electrons. The molecule has 0 saturated carbocycles. The molecule has 2 aromatic rings. The normalized spacial score (nSPS) is 10.4. The van der Waals surface area contributed by atoms with Gasteiger partial charge in [-0.3, -0.25) is 0 Å². The first-order valence-electron chi connectivity index (χ1n) is 5.36.